The Morgan fingerprint density at radius 2 is 1.82 bits per heavy atom. The van der Waals surface area contributed by atoms with Gasteiger partial charge in [-0.25, -0.2) is 4.39 Å². The number of nitrogens with one attached hydrogen (secondary N) is 2. The zero-order valence-electron chi connectivity index (χ0n) is 16.3. The minimum absolute atomic E-state index is 0.0943. The van der Waals surface area contributed by atoms with Crippen LogP contribution in [-0.4, -0.2) is 57.0 Å². The summed E-state index contributed by atoms with van der Waals surface area (Å²) in [6.07, 6.45) is 0. The van der Waals surface area contributed by atoms with Gasteiger partial charge in [0.15, 0.2) is 5.96 Å². The summed E-state index contributed by atoms with van der Waals surface area (Å²) in [4.78, 5) is 20.6. The van der Waals surface area contributed by atoms with Crippen LogP contribution >= 0.6 is 0 Å². The number of guanidine groups is 1. The Hall–Kier alpha value is -3.09. The number of benzene rings is 2. The van der Waals surface area contributed by atoms with Crippen LogP contribution in [0.4, 0.5) is 10.1 Å². The van der Waals surface area contributed by atoms with Gasteiger partial charge in [-0.2, -0.15) is 0 Å². The molecule has 0 unspecified atom stereocenters. The van der Waals surface area contributed by atoms with Crippen LogP contribution in [0.5, 0.6) is 0 Å². The summed E-state index contributed by atoms with van der Waals surface area (Å²) in [6.45, 7) is 3.94. The van der Waals surface area contributed by atoms with Crippen LogP contribution in [0.2, 0.25) is 0 Å². The Bertz CT molecular complexity index is 829. The first-order chi connectivity index (χ1) is 13.6. The Balaban J connectivity index is 1.55. The molecule has 0 aromatic heterocycles. The van der Waals surface area contributed by atoms with Gasteiger partial charge in [-0.3, -0.25) is 9.79 Å². The van der Waals surface area contributed by atoms with E-state index in [-0.39, 0.29) is 11.7 Å². The van der Waals surface area contributed by atoms with E-state index in [0.29, 0.717) is 12.1 Å². The van der Waals surface area contributed by atoms with E-state index in [9.17, 15) is 9.18 Å². The monoisotopic (exact) mass is 383 g/mol. The number of nitrogens with zero attached hydrogens (tertiary/aromatic N) is 3. The normalized spacial score (nSPS) is 14.8. The zero-order valence-corrected chi connectivity index (χ0v) is 16.3. The second-order valence-electron chi connectivity index (χ2n) is 6.63. The minimum atomic E-state index is -0.215. The van der Waals surface area contributed by atoms with Gasteiger partial charge in [0.05, 0.1) is 0 Å². The summed E-state index contributed by atoms with van der Waals surface area (Å²) >= 11 is 0. The lowest BCUT2D eigenvalue weighted by Gasteiger charge is -2.37. The highest BCUT2D eigenvalue weighted by Crippen LogP contribution is 2.17. The van der Waals surface area contributed by atoms with Crippen molar-refractivity contribution in [1.29, 1.82) is 0 Å². The van der Waals surface area contributed by atoms with E-state index >= 15 is 0 Å². The second-order valence-corrected chi connectivity index (χ2v) is 6.63. The van der Waals surface area contributed by atoms with Crippen LogP contribution in [-0.2, 0) is 6.54 Å². The van der Waals surface area contributed by atoms with Gasteiger partial charge in [0.25, 0.3) is 5.91 Å². The predicted molar refractivity (Wildman–Crippen MR) is 110 cm³/mol. The Labute approximate surface area is 165 Å². The first-order valence-corrected chi connectivity index (χ1v) is 9.38. The van der Waals surface area contributed by atoms with Gasteiger partial charge >= 0.3 is 0 Å². The summed E-state index contributed by atoms with van der Waals surface area (Å²) < 4.78 is 13.1. The van der Waals surface area contributed by atoms with E-state index in [1.807, 2.05) is 30.3 Å². The number of hydrogen-bond donors (Lipinski definition) is 2. The topological polar surface area (TPSA) is 60.0 Å². The molecule has 148 valence electrons. The van der Waals surface area contributed by atoms with Crippen LogP contribution in [0.1, 0.15) is 15.9 Å². The summed E-state index contributed by atoms with van der Waals surface area (Å²) in [7, 11) is 3.40. The Kier molecular flexibility index (Phi) is 6.47. The number of carbonyl (C=O) groups is 1. The molecule has 0 bridgehead atoms. The van der Waals surface area contributed by atoms with E-state index in [2.05, 4.69) is 25.4 Å². The lowest BCUT2D eigenvalue weighted by atomic mass is 10.1. The number of carbonyl (C=O) groups excluding carboxylic acids is 1. The lowest BCUT2D eigenvalue weighted by molar-refractivity contribution is 0.0963. The first-order valence-electron chi connectivity index (χ1n) is 9.38. The van der Waals surface area contributed by atoms with Crippen molar-refractivity contribution >= 4 is 17.6 Å². The van der Waals surface area contributed by atoms with Gasteiger partial charge < -0.3 is 20.4 Å². The molecule has 0 radical (unpaired) electrons. The number of anilines is 1. The van der Waals surface area contributed by atoms with E-state index in [4.69, 9.17) is 0 Å². The number of aliphatic imine (C=N–C) groups is 1. The van der Waals surface area contributed by atoms with Gasteiger partial charge in [-0.05, 0) is 42.0 Å². The molecule has 2 aromatic rings. The third kappa shape index (κ3) is 4.79. The van der Waals surface area contributed by atoms with Crippen molar-refractivity contribution in [1.82, 2.24) is 15.5 Å². The van der Waals surface area contributed by atoms with Crippen LogP contribution < -0.4 is 15.5 Å². The minimum Gasteiger partial charge on any atom is -0.368 e. The quantitative estimate of drug-likeness (QED) is 0.627. The number of hydrogen-bond acceptors (Lipinski definition) is 3. The second kappa shape index (κ2) is 9.21. The SMILES string of the molecule is CN=C(NCc1cccc(C(=O)NC)c1)N1CCN(c2ccc(F)cc2)CC1. The average Bonchev–Trinajstić information content (AvgIpc) is 2.75. The third-order valence-corrected chi connectivity index (χ3v) is 4.85. The highest BCUT2D eigenvalue weighted by molar-refractivity contribution is 5.94. The number of piperazine rings is 1. The maximum atomic E-state index is 13.1. The van der Waals surface area contributed by atoms with Crippen LogP contribution in [0.15, 0.2) is 53.5 Å². The molecule has 0 aliphatic carbocycles. The molecule has 1 amide bonds. The van der Waals surface area contributed by atoms with E-state index in [1.165, 1.54) is 12.1 Å². The van der Waals surface area contributed by atoms with Crippen LogP contribution in [0.25, 0.3) is 0 Å². The third-order valence-electron chi connectivity index (χ3n) is 4.85. The highest BCUT2D eigenvalue weighted by atomic mass is 19.1. The standard InChI is InChI=1S/C21H26FN5O/c1-23-20(28)17-5-3-4-16(14-17)15-25-21(24-2)27-12-10-26(11-13-27)19-8-6-18(22)7-9-19/h3-9,14H,10-13,15H2,1-2H3,(H,23,28)(H,24,25). The molecule has 1 heterocycles. The van der Waals surface area contributed by atoms with Crippen LogP contribution in [0, 0.1) is 5.82 Å². The smallest absolute Gasteiger partial charge is 0.251 e. The summed E-state index contributed by atoms with van der Waals surface area (Å²) in [5.74, 6) is 0.528. The molecule has 0 atom stereocenters. The van der Waals surface area contributed by atoms with Crippen molar-refractivity contribution in [2.75, 3.05) is 45.2 Å². The fourth-order valence-corrected chi connectivity index (χ4v) is 3.31. The molecule has 7 heteroatoms. The van der Waals surface area contributed by atoms with Crippen molar-refractivity contribution in [2.45, 2.75) is 6.54 Å². The first kappa shape index (κ1) is 19.7. The molecule has 6 nitrogen and oxygen atoms in total. The molecule has 1 aliphatic rings. The van der Waals surface area contributed by atoms with Crippen molar-refractivity contribution in [3.8, 4) is 0 Å². The molecular weight excluding hydrogens is 357 g/mol. The Morgan fingerprint density at radius 1 is 1.11 bits per heavy atom. The Morgan fingerprint density at radius 3 is 2.46 bits per heavy atom. The van der Waals surface area contributed by atoms with E-state index in [1.54, 1.807) is 20.2 Å². The lowest BCUT2D eigenvalue weighted by Crippen LogP contribution is -2.52. The molecule has 2 aromatic carbocycles. The summed E-state index contributed by atoms with van der Waals surface area (Å²) in [5.41, 5.74) is 2.70. The van der Waals surface area contributed by atoms with Gasteiger partial charge in [0, 0.05) is 58.1 Å². The van der Waals surface area contributed by atoms with E-state index in [0.717, 1.165) is 43.4 Å². The molecule has 2 N–H and O–H groups in total. The van der Waals surface area contributed by atoms with Crippen molar-refractivity contribution in [3.05, 3.63) is 65.5 Å². The largest absolute Gasteiger partial charge is 0.368 e. The van der Waals surface area contributed by atoms with E-state index < -0.39 is 0 Å². The molecular formula is C21H26FN5O. The highest BCUT2D eigenvalue weighted by Gasteiger charge is 2.19. The average molecular weight is 383 g/mol. The fraction of sp³-hybridized carbons (Fsp3) is 0.333. The maximum absolute atomic E-state index is 13.1. The van der Waals surface area contributed by atoms with Crippen molar-refractivity contribution in [2.24, 2.45) is 4.99 Å². The van der Waals surface area contributed by atoms with Gasteiger partial charge in [0.1, 0.15) is 5.82 Å². The molecule has 3 rings (SSSR count). The van der Waals surface area contributed by atoms with Crippen molar-refractivity contribution < 1.29 is 9.18 Å². The molecule has 0 saturated carbocycles. The molecule has 1 saturated heterocycles. The van der Waals surface area contributed by atoms with Crippen molar-refractivity contribution in [3.63, 3.8) is 0 Å². The zero-order chi connectivity index (χ0) is 19.9. The summed E-state index contributed by atoms with van der Waals surface area (Å²) in [6, 6.07) is 14.2. The number of rotatable bonds is 4. The molecule has 0 spiro atoms. The fourth-order valence-electron chi connectivity index (χ4n) is 3.31. The van der Waals surface area contributed by atoms with Gasteiger partial charge in [0.2, 0.25) is 0 Å². The van der Waals surface area contributed by atoms with Crippen LogP contribution in [0.3, 0.4) is 0 Å². The molecule has 1 aliphatic heterocycles. The predicted octanol–water partition coefficient (Wildman–Crippen LogP) is 2.08. The molecule has 28 heavy (non-hydrogen) atoms. The maximum Gasteiger partial charge on any atom is 0.251 e. The molecule has 1 fully saturated rings. The number of halogens is 1. The van der Waals surface area contributed by atoms with Gasteiger partial charge in [-0.1, -0.05) is 12.1 Å². The van der Waals surface area contributed by atoms with Gasteiger partial charge in [-0.15, -0.1) is 0 Å². The number of amides is 1. The summed E-state index contributed by atoms with van der Waals surface area (Å²) in [5, 5.41) is 6.02.